The number of hydrogen-bond acceptors (Lipinski definition) is 3. The predicted octanol–water partition coefficient (Wildman–Crippen LogP) is 2.17. The first-order valence-corrected chi connectivity index (χ1v) is 7.70. The lowest BCUT2D eigenvalue weighted by molar-refractivity contribution is 0.0341. The Labute approximate surface area is 120 Å². The van der Waals surface area contributed by atoms with E-state index >= 15 is 0 Å². The van der Waals surface area contributed by atoms with E-state index in [0.717, 1.165) is 26.1 Å². The van der Waals surface area contributed by atoms with Crippen LogP contribution in [0.25, 0.3) is 0 Å². The van der Waals surface area contributed by atoms with E-state index in [2.05, 4.69) is 16.8 Å². The van der Waals surface area contributed by atoms with Crippen molar-refractivity contribution in [3.05, 3.63) is 30.1 Å². The maximum absolute atomic E-state index is 12.6. The van der Waals surface area contributed by atoms with Crippen molar-refractivity contribution in [3.8, 4) is 0 Å². The van der Waals surface area contributed by atoms with E-state index in [0.29, 0.717) is 5.69 Å². The number of pyridine rings is 1. The largest absolute Gasteiger partial charge is 0.335 e. The lowest BCUT2D eigenvalue weighted by Gasteiger charge is -2.45. The minimum absolute atomic E-state index is 0.0904. The lowest BCUT2D eigenvalue weighted by Crippen LogP contribution is -2.56. The van der Waals surface area contributed by atoms with Crippen LogP contribution in [0.4, 0.5) is 0 Å². The molecule has 0 N–H and O–H groups in total. The molecule has 1 unspecified atom stereocenters. The number of likely N-dealkylation sites (N-methyl/N-ethyl adjacent to an activating group) is 1. The Morgan fingerprint density at radius 3 is 2.80 bits per heavy atom. The maximum atomic E-state index is 12.6. The van der Waals surface area contributed by atoms with Crippen LogP contribution in [0.3, 0.4) is 0 Å². The van der Waals surface area contributed by atoms with Gasteiger partial charge in [0.1, 0.15) is 5.69 Å². The third-order valence-electron chi connectivity index (χ3n) is 4.85. The van der Waals surface area contributed by atoms with Gasteiger partial charge in [-0.1, -0.05) is 13.0 Å². The predicted molar refractivity (Wildman–Crippen MR) is 78.6 cm³/mol. The molecule has 108 valence electrons. The van der Waals surface area contributed by atoms with E-state index in [-0.39, 0.29) is 11.4 Å². The smallest absolute Gasteiger partial charge is 0.272 e. The number of likely N-dealkylation sites (tertiary alicyclic amines) is 2. The van der Waals surface area contributed by atoms with Gasteiger partial charge in [-0.15, -0.1) is 0 Å². The summed E-state index contributed by atoms with van der Waals surface area (Å²) in [5, 5.41) is 0. The number of piperidine rings is 1. The van der Waals surface area contributed by atoms with Gasteiger partial charge in [0.25, 0.3) is 5.91 Å². The fourth-order valence-electron chi connectivity index (χ4n) is 3.89. The van der Waals surface area contributed by atoms with Crippen LogP contribution in [0.15, 0.2) is 24.4 Å². The molecule has 1 amide bonds. The van der Waals surface area contributed by atoms with Crippen molar-refractivity contribution in [1.82, 2.24) is 14.8 Å². The Morgan fingerprint density at radius 1 is 1.30 bits per heavy atom. The van der Waals surface area contributed by atoms with Gasteiger partial charge >= 0.3 is 0 Å². The van der Waals surface area contributed by atoms with E-state index in [1.807, 2.05) is 23.1 Å². The number of hydrogen-bond donors (Lipinski definition) is 0. The minimum Gasteiger partial charge on any atom is -0.335 e. The molecule has 20 heavy (non-hydrogen) atoms. The molecule has 2 aliphatic rings. The Balaban J connectivity index is 1.77. The van der Waals surface area contributed by atoms with E-state index in [1.54, 1.807) is 6.20 Å². The van der Waals surface area contributed by atoms with E-state index in [1.165, 1.54) is 25.8 Å². The van der Waals surface area contributed by atoms with Crippen molar-refractivity contribution in [2.24, 2.45) is 0 Å². The summed E-state index contributed by atoms with van der Waals surface area (Å²) in [5.41, 5.74) is 0.808. The fraction of sp³-hybridized carbons (Fsp3) is 0.625. The average molecular weight is 273 g/mol. The first-order chi connectivity index (χ1) is 9.75. The summed E-state index contributed by atoms with van der Waals surface area (Å²) in [4.78, 5) is 21.4. The molecule has 3 heterocycles. The summed E-state index contributed by atoms with van der Waals surface area (Å²) in [6.45, 7) is 6.24. The molecule has 4 nitrogen and oxygen atoms in total. The molecule has 1 aromatic rings. The number of aromatic nitrogens is 1. The standard InChI is InChI=1S/C16H23N3O/c1-2-19-12-6-9-16(19)8-5-11-18(13-16)15(20)14-7-3-4-10-17-14/h3-4,7,10H,2,5-6,8-9,11-13H2,1H3. The SMILES string of the molecule is CCN1CCCC12CCCN(C(=O)c1ccccn1)C2. The third-order valence-corrected chi connectivity index (χ3v) is 4.85. The molecule has 0 radical (unpaired) electrons. The second-order valence-corrected chi connectivity index (χ2v) is 5.95. The van der Waals surface area contributed by atoms with Crippen LogP contribution in [0.2, 0.25) is 0 Å². The lowest BCUT2D eigenvalue weighted by atomic mass is 9.86. The number of carbonyl (C=O) groups is 1. The van der Waals surface area contributed by atoms with Gasteiger partial charge in [0.2, 0.25) is 0 Å². The van der Waals surface area contributed by atoms with Gasteiger partial charge in [0.05, 0.1) is 0 Å². The molecule has 2 fully saturated rings. The number of amides is 1. The van der Waals surface area contributed by atoms with Gasteiger partial charge in [0.15, 0.2) is 0 Å². The molecular weight excluding hydrogens is 250 g/mol. The molecule has 2 aliphatic heterocycles. The van der Waals surface area contributed by atoms with Crippen molar-refractivity contribution >= 4 is 5.91 Å². The quantitative estimate of drug-likeness (QED) is 0.828. The summed E-state index contributed by atoms with van der Waals surface area (Å²) in [6.07, 6.45) is 6.52. The number of nitrogens with zero attached hydrogens (tertiary/aromatic N) is 3. The average Bonchev–Trinajstić information content (AvgIpc) is 2.89. The molecule has 1 aromatic heterocycles. The van der Waals surface area contributed by atoms with Crippen LogP contribution in [0.5, 0.6) is 0 Å². The summed E-state index contributed by atoms with van der Waals surface area (Å²) in [5.74, 6) is 0.0904. The minimum atomic E-state index is 0.0904. The third kappa shape index (κ3) is 2.33. The zero-order chi connectivity index (χ0) is 14.0. The highest BCUT2D eigenvalue weighted by molar-refractivity contribution is 5.92. The maximum Gasteiger partial charge on any atom is 0.272 e. The van der Waals surface area contributed by atoms with Gasteiger partial charge in [-0.05, 0) is 50.9 Å². The summed E-state index contributed by atoms with van der Waals surface area (Å²) in [6, 6.07) is 5.55. The van der Waals surface area contributed by atoms with Gasteiger partial charge in [0, 0.05) is 24.8 Å². The molecule has 1 spiro atoms. The Hall–Kier alpha value is -1.42. The molecule has 2 saturated heterocycles. The van der Waals surface area contributed by atoms with Gasteiger partial charge < -0.3 is 4.90 Å². The topological polar surface area (TPSA) is 36.4 Å². The normalized spacial score (nSPS) is 27.1. The summed E-state index contributed by atoms with van der Waals surface area (Å²) in [7, 11) is 0. The molecule has 1 atom stereocenters. The highest BCUT2D eigenvalue weighted by Crippen LogP contribution is 2.37. The Kier molecular flexibility index (Phi) is 3.74. The summed E-state index contributed by atoms with van der Waals surface area (Å²) < 4.78 is 0. The van der Waals surface area contributed by atoms with Crippen LogP contribution < -0.4 is 0 Å². The van der Waals surface area contributed by atoms with Gasteiger partial charge in [-0.2, -0.15) is 0 Å². The number of rotatable bonds is 2. The van der Waals surface area contributed by atoms with Crippen LogP contribution in [-0.2, 0) is 0 Å². The van der Waals surface area contributed by atoms with Gasteiger partial charge in [-0.3, -0.25) is 14.7 Å². The highest BCUT2D eigenvalue weighted by atomic mass is 16.2. The van der Waals surface area contributed by atoms with Crippen molar-refractivity contribution in [2.45, 2.75) is 38.1 Å². The number of carbonyl (C=O) groups excluding carboxylic acids is 1. The molecule has 0 saturated carbocycles. The summed E-state index contributed by atoms with van der Waals surface area (Å²) >= 11 is 0. The van der Waals surface area contributed by atoms with Crippen molar-refractivity contribution in [1.29, 1.82) is 0 Å². The molecule has 0 aliphatic carbocycles. The molecule has 0 bridgehead atoms. The van der Waals surface area contributed by atoms with Crippen molar-refractivity contribution in [3.63, 3.8) is 0 Å². The second-order valence-electron chi connectivity index (χ2n) is 5.95. The fourth-order valence-corrected chi connectivity index (χ4v) is 3.89. The van der Waals surface area contributed by atoms with Gasteiger partial charge in [-0.25, -0.2) is 0 Å². The molecular formula is C16H23N3O. The first-order valence-electron chi connectivity index (χ1n) is 7.70. The second kappa shape index (κ2) is 5.52. The first kappa shape index (κ1) is 13.6. The highest BCUT2D eigenvalue weighted by Gasteiger charge is 2.44. The van der Waals surface area contributed by atoms with Crippen LogP contribution >= 0.6 is 0 Å². The van der Waals surface area contributed by atoms with E-state index in [9.17, 15) is 4.79 Å². The van der Waals surface area contributed by atoms with E-state index in [4.69, 9.17) is 0 Å². The van der Waals surface area contributed by atoms with Crippen LogP contribution in [-0.4, -0.2) is 52.4 Å². The Bertz CT molecular complexity index is 476. The zero-order valence-corrected chi connectivity index (χ0v) is 12.2. The molecule has 4 heteroatoms. The van der Waals surface area contributed by atoms with Crippen LogP contribution in [0, 0.1) is 0 Å². The van der Waals surface area contributed by atoms with Crippen molar-refractivity contribution < 1.29 is 4.79 Å². The van der Waals surface area contributed by atoms with E-state index < -0.39 is 0 Å². The Morgan fingerprint density at radius 2 is 2.10 bits per heavy atom. The monoisotopic (exact) mass is 273 g/mol. The molecule has 0 aromatic carbocycles. The zero-order valence-electron chi connectivity index (χ0n) is 12.2. The van der Waals surface area contributed by atoms with Crippen LogP contribution in [0.1, 0.15) is 43.1 Å². The van der Waals surface area contributed by atoms with Crippen molar-refractivity contribution in [2.75, 3.05) is 26.2 Å². The molecule has 3 rings (SSSR count).